The number of aliphatic hydroxyl groups is 1. The van der Waals surface area contributed by atoms with Crippen molar-refractivity contribution in [1.29, 1.82) is 0 Å². The van der Waals surface area contributed by atoms with E-state index in [2.05, 4.69) is 0 Å². The molecule has 3 N–H and O–H groups in total. The lowest BCUT2D eigenvalue weighted by atomic mass is 10.0. The van der Waals surface area contributed by atoms with Crippen molar-refractivity contribution in [3.05, 3.63) is 11.8 Å². The molecule has 2 fully saturated rings. The Morgan fingerprint density at radius 1 is 1.44 bits per heavy atom. The molecule has 0 aromatic heterocycles. The third kappa shape index (κ3) is 1.96. The molecule has 0 spiro atoms. The summed E-state index contributed by atoms with van der Waals surface area (Å²) >= 11 is 0. The summed E-state index contributed by atoms with van der Waals surface area (Å²) in [5.74, 6) is 0.887. The molecule has 1 saturated heterocycles. The highest BCUT2D eigenvalue weighted by atomic mass is 32.2. The maximum Gasteiger partial charge on any atom is 0.151 e. The number of aliphatic hydroxyl groups excluding tert-OH is 1. The maximum atomic E-state index is 11.2. The molecule has 102 valence electrons. The van der Waals surface area contributed by atoms with Crippen LogP contribution in [0.3, 0.4) is 0 Å². The van der Waals surface area contributed by atoms with Crippen molar-refractivity contribution < 1.29 is 13.5 Å². The molecule has 0 aromatic carbocycles. The molecule has 5 nitrogen and oxygen atoms in total. The van der Waals surface area contributed by atoms with Crippen LogP contribution in [0.1, 0.15) is 19.8 Å². The molecule has 0 bridgehead atoms. The molecule has 3 aliphatic rings. The second kappa shape index (κ2) is 3.95. The smallest absolute Gasteiger partial charge is 0.151 e. The molecule has 3 rings (SSSR count). The zero-order chi connectivity index (χ0) is 13.1. The minimum absolute atomic E-state index is 0.00519. The van der Waals surface area contributed by atoms with Crippen molar-refractivity contribution in [2.75, 3.05) is 11.5 Å². The van der Waals surface area contributed by atoms with Crippen molar-refractivity contribution in [2.45, 2.75) is 38.1 Å². The maximum absolute atomic E-state index is 11.2. The topological polar surface area (TPSA) is 83.6 Å². The Labute approximate surface area is 108 Å². The van der Waals surface area contributed by atoms with Crippen LogP contribution >= 0.6 is 0 Å². The van der Waals surface area contributed by atoms with E-state index in [-0.39, 0.29) is 29.6 Å². The zero-order valence-electron chi connectivity index (χ0n) is 10.5. The van der Waals surface area contributed by atoms with Crippen LogP contribution in [0.25, 0.3) is 0 Å². The average molecular weight is 272 g/mol. The van der Waals surface area contributed by atoms with Gasteiger partial charge in [-0.3, -0.25) is 0 Å². The highest BCUT2D eigenvalue weighted by Gasteiger charge is 2.48. The molecule has 0 aromatic rings. The van der Waals surface area contributed by atoms with Crippen molar-refractivity contribution in [3.8, 4) is 0 Å². The Kier molecular flexibility index (Phi) is 2.73. The van der Waals surface area contributed by atoms with Gasteiger partial charge in [-0.2, -0.15) is 0 Å². The minimum atomic E-state index is -2.84. The van der Waals surface area contributed by atoms with E-state index in [4.69, 9.17) is 5.73 Å². The summed E-state index contributed by atoms with van der Waals surface area (Å²) in [7, 11) is -2.84. The van der Waals surface area contributed by atoms with E-state index in [0.29, 0.717) is 5.92 Å². The van der Waals surface area contributed by atoms with Gasteiger partial charge in [0.05, 0.1) is 29.8 Å². The number of nitrogens with zero attached hydrogens (tertiary/aromatic N) is 1. The van der Waals surface area contributed by atoms with Gasteiger partial charge in [0.15, 0.2) is 9.84 Å². The van der Waals surface area contributed by atoms with Gasteiger partial charge in [-0.1, -0.05) is 0 Å². The quantitative estimate of drug-likeness (QED) is 0.735. The summed E-state index contributed by atoms with van der Waals surface area (Å²) < 4.78 is 22.5. The van der Waals surface area contributed by atoms with Crippen LogP contribution in [-0.2, 0) is 9.84 Å². The fourth-order valence-electron chi connectivity index (χ4n) is 3.10. The lowest BCUT2D eigenvalue weighted by molar-refractivity contribution is 0.0750. The second-order valence-electron chi connectivity index (χ2n) is 5.92. The zero-order valence-corrected chi connectivity index (χ0v) is 11.3. The summed E-state index contributed by atoms with van der Waals surface area (Å²) in [6.07, 6.45) is 3.46. The first-order valence-electron chi connectivity index (χ1n) is 6.49. The first-order valence-corrected chi connectivity index (χ1v) is 8.31. The molecule has 2 aliphatic heterocycles. The summed E-state index contributed by atoms with van der Waals surface area (Å²) in [5.41, 5.74) is 7.13. The second-order valence-corrected chi connectivity index (χ2v) is 8.07. The average Bonchev–Trinajstić information content (AvgIpc) is 3.03. The van der Waals surface area contributed by atoms with Crippen LogP contribution in [0.4, 0.5) is 0 Å². The van der Waals surface area contributed by atoms with Crippen LogP contribution in [0.5, 0.6) is 0 Å². The predicted octanol–water partition coefficient (Wildman–Crippen LogP) is -0.325. The summed E-state index contributed by atoms with van der Waals surface area (Å²) in [4.78, 5) is 2.01. The lowest BCUT2D eigenvalue weighted by Gasteiger charge is -2.40. The minimum Gasteiger partial charge on any atom is -0.387 e. The van der Waals surface area contributed by atoms with E-state index in [1.807, 2.05) is 18.0 Å². The number of nitrogens with two attached hydrogens (primary N) is 1. The van der Waals surface area contributed by atoms with E-state index in [9.17, 15) is 13.5 Å². The number of rotatable bonds is 3. The molecule has 18 heavy (non-hydrogen) atoms. The first kappa shape index (κ1) is 12.4. The van der Waals surface area contributed by atoms with Gasteiger partial charge in [-0.25, -0.2) is 8.42 Å². The van der Waals surface area contributed by atoms with Crippen molar-refractivity contribution in [2.24, 2.45) is 17.6 Å². The number of hydrogen-bond donors (Lipinski definition) is 2. The van der Waals surface area contributed by atoms with E-state index in [1.54, 1.807) is 0 Å². The molecule has 3 atom stereocenters. The van der Waals surface area contributed by atoms with Gasteiger partial charge in [-0.05, 0) is 31.3 Å². The number of hydrogen-bond acceptors (Lipinski definition) is 5. The van der Waals surface area contributed by atoms with Crippen LogP contribution < -0.4 is 5.73 Å². The largest absolute Gasteiger partial charge is 0.387 e. The Morgan fingerprint density at radius 2 is 2.06 bits per heavy atom. The van der Waals surface area contributed by atoms with Gasteiger partial charge < -0.3 is 15.7 Å². The Bertz CT molecular complexity index is 472. The standard InChI is InChI=1S/C12H20N2O3S/c1-7-4-14(10(11(7)15)8-2-3-8)12(13)9-5-18(16,17)6-9/h4,8-12,15H,2-3,5-6,13H2,1H3. The van der Waals surface area contributed by atoms with Gasteiger partial charge in [0.1, 0.15) is 0 Å². The van der Waals surface area contributed by atoms with E-state index < -0.39 is 15.9 Å². The van der Waals surface area contributed by atoms with Gasteiger partial charge >= 0.3 is 0 Å². The predicted molar refractivity (Wildman–Crippen MR) is 68.2 cm³/mol. The third-order valence-corrected chi connectivity index (χ3v) is 6.23. The van der Waals surface area contributed by atoms with Gasteiger partial charge in [-0.15, -0.1) is 0 Å². The molecule has 1 aliphatic carbocycles. The molecule has 1 saturated carbocycles. The first-order chi connectivity index (χ1) is 8.39. The molecule has 0 radical (unpaired) electrons. The van der Waals surface area contributed by atoms with Crippen LogP contribution in [-0.4, -0.2) is 48.2 Å². The Balaban J connectivity index is 1.74. The highest BCUT2D eigenvalue weighted by molar-refractivity contribution is 7.92. The fourth-order valence-corrected chi connectivity index (χ4v) is 4.70. The number of sulfone groups is 1. The lowest BCUT2D eigenvalue weighted by Crippen LogP contribution is -2.57. The molecule has 0 amide bonds. The van der Waals surface area contributed by atoms with Crippen molar-refractivity contribution in [3.63, 3.8) is 0 Å². The van der Waals surface area contributed by atoms with Gasteiger partial charge in [0.25, 0.3) is 0 Å². The molecular formula is C12H20N2O3S. The van der Waals surface area contributed by atoms with Crippen molar-refractivity contribution >= 4 is 9.84 Å². The Morgan fingerprint density at radius 3 is 2.56 bits per heavy atom. The van der Waals surface area contributed by atoms with Crippen LogP contribution in [0.2, 0.25) is 0 Å². The molecule has 3 unspecified atom stereocenters. The summed E-state index contributed by atoms with van der Waals surface area (Å²) in [6.45, 7) is 1.91. The van der Waals surface area contributed by atoms with Gasteiger partial charge in [0, 0.05) is 12.1 Å². The fraction of sp³-hybridized carbons (Fsp3) is 0.833. The Hall–Kier alpha value is -0.590. The van der Waals surface area contributed by atoms with E-state index in [0.717, 1.165) is 18.4 Å². The molecule has 6 heteroatoms. The summed E-state index contributed by atoms with van der Waals surface area (Å²) in [6, 6.07) is 0.0586. The normalized spacial score (nSPS) is 37.3. The van der Waals surface area contributed by atoms with Crippen LogP contribution in [0.15, 0.2) is 11.8 Å². The third-order valence-electron chi connectivity index (χ3n) is 4.36. The monoisotopic (exact) mass is 272 g/mol. The molecule has 2 heterocycles. The molecular weight excluding hydrogens is 252 g/mol. The van der Waals surface area contributed by atoms with Crippen LogP contribution in [0, 0.1) is 11.8 Å². The van der Waals surface area contributed by atoms with E-state index in [1.165, 1.54) is 0 Å². The van der Waals surface area contributed by atoms with Crippen molar-refractivity contribution in [1.82, 2.24) is 4.90 Å². The summed E-state index contributed by atoms with van der Waals surface area (Å²) in [5, 5.41) is 10.2. The SMILES string of the molecule is CC1=CN(C(N)C2CS(=O)(=O)C2)C(C2CC2)C1O. The highest BCUT2D eigenvalue weighted by Crippen LogP contribution is 2.42. The van der Waals surface area contributed by atoms with E-state index >= 15 is 0 Å². The van der Waals surface area contributed by atoms with Gasteiger partial charge in [0.2, 0.25) is 0 Å².